The minimum Gasteiger partial charge on any atom is -0.486 e. The van der Waals surface area contributed by atoms with E-state index in [1.807, 2.05) is 0 Å². The number of hydrogen-bond donors (Lipinski definition) is 1. The van der Waals surface area contributed by atoms with Crippen LogP contribution < -0.4 is 15.2 Å². The molecule has 1 aliphatic rings. The van der Waals surface area contributed by atoms with Gasteiger partial charge in [-0.25, -0.2) is 0 Å². The zero-order valence-electron chi connectivity index (χ0n) is 10.8. The van der Waals surface area contributed by atoms with E-state index in [4.69, 9.17) is 31.5 Å². The fraction of sp³-hybridized carbons (Fsp3) is 0.385. The van der Waals surface area contributed by atoms with Crippen molar-refractivity contribution in [2.45, 2.75) is 19.4 Å². The monoisotopic (exact) mass is 299 g/mol. The number of halogens is 1. The lowest BCUT2D eigenvalue weighted by atomic mass is 10.1. The van der Waals surface area contributed by atoms with Crippen LogP contribution >= 0.6 is 11.6 Å². The van der Waals surface area contributed by atoms with Crippen LogP contribution in [-0.2, 0) is 20.7 Å². The summed E-state index contributed by atoms with van der Waals surface area (Å²) >= 11 is 6.06. The first kappa shape index (κ1) is 14.5. The average Bonchev–Trinajstić information content (AvgIpc) is 2.38. The third-order valence-corrected chi connectivity index (χ3v) is 2.99. The first-order valence-corrected chi connectivity index (χ1v) is 6.42. The highest BCUT2D eigenvalue weighted by molar-refractivity contribution is 6.32. The van der Waals surface area contributed by atoms with Crippen LogP contribution in [0.1, 0.15) is 12.5 Å². The van der Waals surface area contributed by atoms with Gasteiger partial charge in [0.1, 0.15) is 13.2 Å². The minimum absolute atomic E-state index is 0.0337. The molecule has 20 heavy (non-hydrogen) atoms. The summed E-state index contributed by atoms with van der Waals surface area (Å²) in [5, 5.41) is 0.368. The average molecular weight is 300 g/mol. The lowest BCUT2D eigenvalue weighted by Crippen LogP contribution is -2.31. The SMILES string of the molecule is CC(OC(=O)Cc1cc(Cl)c2c(c1)OCCO2)C(N)=O. The first-order valence-electron chi connectivity index (χ1n) is 6.04. The number of fused-ring (bicyclic) bond motifs is 1. The van der Waals surface area contributed by atoms with Crippen molar-refractivity contribution in [3.05, 3.63) is 22.7 Å². The molecule has 6 nitrogen and oxygen atoms in total. The number of rotatable bonds is 4. The molecule has 0 saturated carbocycles. The van der Waals surface area contributed by atoms with E-state index >= 15 is 0 Å². The van der Waals surface area contributed by atoms with Gasteiger partial charge in [-0.1, -0.05) is 11.6 Å². The standard InChI is InChI=1S/C13H14ClNO5/c1-7(13(15)17)20-11(16)6-8-4-9(14)12-10(5-8)18-2-3-19-12/h4-5,7H,2-3,6H2,1H3,(H2,15,17). The van der Waals surface area contributed by atoms with E-state index in [9.17, 15) is 9.59 Å². The Bertz CT molecular complexity index is 546. The fourth-order valence-corrected chi connectivity index (χ4v) is 2.02. The van der Waals surface area contributed by atoms with Gasteiger partial charge in [-0.15, -0.1) is 0 Å². The van der Waals surface area contributed by atoms with Crippen molar-refractivity contribution < 1.29 is 23.8 Å². The van der Waals surface area contributed by atoms with Crippen molar-refractivity contribution in [1.82, 2.24) is 0 Å². The summed E-state index contributed by atoms with van der Waals surface area (Å²) in [6, 6.07) is 3.27. The van der Waals surface area contributed by atoms with Gasteiger partial charge in [0.05, 0.1) is 11.4 Å². The van der Waals surface area contributed by atoms with E-state index in [0.29, 0.717) is 35.3 Å². The first-order chi connectivity index (χ1) is 9.47. The fourth-order valence-electron chi connectivity index (χ4n) is 1.73. The van der Waals surface area contributed by atoms with Crippen molar-refractivity contribution >= 4 is 23.5 Å². The molecular weight excluding hydrogens is 286 g/mol. The molecular formula is C13H14ClNO5. The van der Waals surface area contributed by atoms with Crippen molar-refractivity contribution in [3.8, 4) is 11.5 Å². The number of carbonyl (C=O) groups excluding carboxylic acids is 2. The molecule has 1 atom stereocenters. The van der Waals surface area contributed by atoms with Crippen molar-refractivity contribution in [3.63, 3.8) is 0 Å². The Balaban J connectivity index is 2.08. The maximum Gasteiger partial charge on any atom is 0.311 e. The molecule has 0 saturated heterocycles. The third kappa shape index (κ3) is 3.33. The molecule has 1 heterocycles. The Morgan fingerprint density at radius 2 is 2.10 bits per heavy atom. The van der Waals surface area contributed by atoms with E-state index in [0.717, 1.165) is 0 Å². The summed E-state index contributed by atoms with van der Waals surface area (Å²) in [6.45, 7) is 2.27. The van der Waals surface area contributed by atoms with Crippen LogP contribution in [0.25, 0.3) is 0 Å². The number of amides is 1. The molecule has 0 spiro atoms. The normalized spacial score (nSPS) is 14.5. The van der Waals surface area contributed by atoms with Crippen LogP contribution in [-0.4, -0.2) is 31.2 Å². The van der Waals surface area contributed by atoms with E-state index in [2.05, 4.69) is 0 Å². The van der Waals surface area contributed by atoms with Gasteiger partial charge >= 0.3 is 5.97 Å². The minimum atomic E-state index is -0.963. The number of esters is 1. The van der Waals surface area contributed by atoms with E-state index < -0.39 is 18.0 Å². The Labute approximate surface area is 120 Å². The number of ether oxygens (including phenoxy) is 3. The van der Waals surface area contributed by atoms with Gasteiger partial charge in [0, 0.05) is 0 Å². The summed E-state index contributed by atoms with van der Waals surface area (Å²) in [5.74, 6) is -0.294. The zero-order valence-corrected chi connectivity index (χ0v) is 11.6. The lowest BCUT2D eigenvalue weighted by molar-refractivity contribution is -0.153. The van der Waals surface area contributed by atoms with E-state index in [-0.39, 0.29) is 6.42 Å². The Morgan fingerprint density at radius 1 is 1.40 bits per heavy atom. The molecule has 108 valence electrons. The molecule has 2 N–H and O–H groups in total. The van der Waals surface area contributed by atoms with Crippen molar-refractivity contribution in [2.75, 3.05) is 13.2 Å². The summed E-state index contributed by atoms with van der Waals surface area (Å²) in [7, 11) is 0. The molecule has 1 aliphatic heterocycles. The third-order valence-electron chi connectivity index (χ3n) is 2.71. The molecule has 1 unspecified atom stereocenters. The van der Waals surface area contributed by atoms with Gasteiger partial charge in [0.25, 0.3) is 5.91 Å². The van der Waals surface area contributed by atoms with E-state index in [1.54, 1.807) is 12.1 Å². The number of hydrogen-bond acceptors (Lipinski definition) is 5. The zero-order chi connectivity index (χ0) is 14.7. The van der Waals surface area contributed by atoms with Crippen LogP contribution in [0.5, 0.6) is 11.5 Å². The predicted octanol–water partition coefficient (Wildman–Crippen LogP) is 1.07. The highest BCUT2D eigenvalue weighted by Gasteiger charge is 2.19. The second kappa shape index (κ2) is 6.00. The molecule has 7 heteroatoms. The number of nitrogens with two attached hydrogens (primary N) is 1. The van der Waals surface area contributed by atoms with Crippen LogP contribution in [0.2, 0.25) is 5.02 Å². The van der Waals surface area contributed by atoms with Crippen molar-refractivity contribution in [2.24, 2.45) is 5.73 Å². The van der Waals surface area contributed by atoms with E-state index in [1.165, 1.54) is 6.92 Å². The van der Waals surface area contributed by atoms with Gasteiger partial charge in [-0.05, 0) is 24.6 Å². The summed E-state index contributed by atoms with van der Waals surface area (Å²) in [5.41, 5.74) is 5.63. The molecule has 2 rings (SSSR count). The van der Waals surface area contributed by atoms with Gasteiger partial charge in [-0.2, -0.15) is 0 Å². The van der Waals surface area contributed by atoms with Crippen LogP contribution in [0.15, 0.2) is 12.1 Å². The predicted molar refractivity (Wildman–Crippen MR) is 70.9 cm³/mol. The Hall–Kier alpha value is -1.95. The molecule has 1 aromatic rings. The second-order valence-electron chi connectivity index (χ2n) is 4.31. The van der Waals surface area contributed by atoms with Crippen LogP contribution in [0, 0.1) is 0 Å². The molecule has 0 aromatic heterocycles. The van der Waals surface area contributed by atoms with Gasteiger partial charge in [0.2, 0.25) is 0 Å². The molecule has 1 amide bonds. The number of benzene rings is 1. The smallest absolute Gasteiger partial charge is 0.311 e. The van der Waals surface area contributed by atoms with Gasteiger partial charge in [-0.3, -0.25) is 9.59 Å². The molecule has 0 fully saturated rings. The molecule has 0 radical (unpaired) electrons. The Kier molecular flexibility index (Phi) is 4.34. The topological polar surface area (TPSA) is 87.8 Å². The summed E-state index contributed by atoms with van der Waals surface area (Å²) in [6.07, 6.45) is -0.997. The van der Waals surface area contributed by atoms with Crippen molar-refractivity contribution in [1.29, 1.82) is 0 Å². The maximum atomic E-state index is 11.7. The maximum absolute atomic E-state index is 11.7. The molecule has 0 aliphatic carbocycles. The second-order valence-corrected chi connectivity index (χ2v) is 4.72. The lowest BCUT2D eigenvalue weighted by Gasteiger charge is -2.20. The number of carbonyl (C=O) groups is 2. The summed E-state index contributed by atoms with van der Waals surface area (Å²) in [4.78, 5) is 22.5. The molecule has 0 bridgehead atoms. The highest BCUT2D eigenvalue weighted by Crippen LogP contribution is 2.38. The Morgan fingerprint density at radius 3 is 2.80 bits per heavy atom. The quantitative estimate of drug-likeness (QED) is 0.840. The van der Waals surface area contributed by atoms with Gasteiger partial charge < -0.3 is 19.9 Å². The largest absolute Gasteiger partial charge is 0.486 e. The molecule has 1 aromatic carbocycles. The van der Waals surface area contributed by atoms with Crippen LogP contribution in [0.3, 0.4) is 0 Å². The highest BCUT2D eigenvalue weighted by atomic mass is 35.5. The number of primary amides is 1. The van der Waals surface area contributed by atoms with Crippen LogP contribution in [0.4, 0.5) is 0 Å². The summed E-state index contributed by atoms with van der Waals surface area (Å²) < 4.78 is 15.7. The van der Waals surface area contributed by atoms with Gasteiger partial charge in [0.15, 0.2) is 17.6 Å².